The van der Waals surface area contributed by atoms with Crippen LogP contribution in [0.1, 0.15) is 35.7 Å². The van der Waals surface area contributed by atoms with Crippen LogP contribution in [-0.2, 0) is 6.42 Å². The molecule has 2 aromatic carbocycles. The lowest BCUT2D eigenvalue weighted by Crippen LogP contribution is -2.02. The lowest BCUT2D eigenvalue weighted by molar-refractivity contribution is 0.0698. The highest BCUT2D eigenvalue weighted by Crippen LogP contribution is 2.24. The Hall–Kier alpha value is -2.00. The largest absolute Gasteiger partial charge is 0.478 e. The Morgan fingerprint density at radius 3 is 2.52 bits per heavy atom. The van der Waals surface area contributed by atoms with E-state index >= 15 is 0 Å². The molecule has 0 aliphatic rings. The standard InChI is InChI=1S/C17H18ClNO2/c1-2-3-4-12-5-8-14(9-6-12)19-16-10-7-13(18)11-15(16)17(20)21/h5-11,19H,2-4H2,1H3,(H,20,21). The van der Waals surface area contributed by atoms with Crippen LogP contribution in [0.5, 0.6) is 0 Å². The predicted molar refractivity (Wildman–Crippen MR) is 86.7 cm³/mol. The minimum absolute atomic E-state index is 0.164. The Morgan fingerprint density at radius 1 is 1.19 bits per heavy atom. The lowest BCUT2D eigenvalue weighted by atomic mass is 10.1. The molecule has 0 aliphatic heterocycles. The highest BCUT2D eigenvalue weighted by atomic mass is 35.5. The third-order valence-electron chi connectivity index (χ3n) is 3.26. The summed E-state index contributed by atoms with van der Waals surface area (Å²) < 4.78 is 0. The molecule has 0 heterocycles. The number of anilines is 2. The number of unbranched alkanes of at least 4 members (excludes halogenated alkanes) is 1. The average molecular weight is 304 g/mol. The molecule has 2 rings (SSSR count). The van der Waals surface area contributed by atoms with Crippen LogP contribution >= 0.6 is 11.6 Å². The van der Waals surface area contributed by atoms with Crippen molar-refractivity contribution < 1.29 is 9.90 Å². The first-order valence-electron chi connectivity index (χ1n) is 6.99. The van der Waals surface area contributed by atoms with Crippen LogP contribution in [0.15, 0.2) is 42.5 Å². The third-order valence-corrected chi connectivity index (χ3v) is 3.50. The van der Waals surface area contributed by atoms with Crippen molar-refractivity contribution in [2.45, 2.75) is 26.2 Å². The van der Waals surface area contributed by atoms with Gasteiger partial charge in [-0.05, 0) is 48.7 Å². The quantitative estimate of drug-likeness (QED) is 0.778. The molecule has 0 amide bonds. The molecule has 4 heteroatoms. The molecular weight excluding hydrogens is 286 g/mol. The molecule has 0 atom stereocenters. The van der Waals surface area contributed by atoms with E-state index in [9.17, 15) is 9.90 Å². The molecule has 21 heavy (non-hydrogen) atoms. The number of aryl methyl sites for hydroxylation is 1. The normalized spacial score (nSPS) is 10.4. The third kappa shape index (κ3) is 4.23. The molecule has 0 unspecified atom stereocenters. The minimum atomic E-state index is -1.00. The average Bonchev–Trinajstić information content (AvgIpc) is 2.48. The minimum Gasteiger partial charge on any atom is -0.478 e. The number of carboxylic acids is 1. The Balaban J connectivity index is 2.16. The monoisotopic (exact) mass is 303 g/mol. The van der Waals surface area contributed by atoms with E-state index < -0.39 is 5.97 Å². The summed E-state index contributed by atoms with van der Waals surface area (Å²) in [5.74, 6) is -1.00. The fourth-order valence-electron chi connectivity index (χ4n) is 2.09. The molecule has 0 bridgehead atoms. The molecule has 2 aromatic rings. The first kappa shape index (κ1) is 15.4. The first-order chi connectivity index (χ1) is 10.1. The van der Waals surface area contributed by atoms with Crippen LogP contribution < -0.4 is 5.32 Å². The van der Waals surface area contributed by atoms with Crippen molar-refractivity contribution in [2.75, 3.05) is 5.32 Å². The molecular formula is C17H18ClNO2. The summed E-state index contributed by atoms with van der Waals surface area (Å²) in [7, 11) is 0. The van der Waals surface area contributed by atoms with Gasteiger partial charge >= 0.3 is 5.97 Å². The molecule has 0 radical (unpaired) electrons. The number of carbonyl (C=O) groups is 1. The maximum absolute atomic E-state index is 11.2. The van der Waals surface area contributed by atoms with E-state index in [1.165, 1.54) is 24.5 Å². The molecule has 3 nitrogen and oxygen atoms in total. The number of rotatable bonds is 6. The van der Waals surface area contributed by atoms with Gasteiger partial charge in [0.05, 0.1) is 11.3 Å². The van der Waals surface area contributed by atoms with Crippen molar-refractivity contribution >= 4 is 28.9 Å². The molecule has 0 saturated heterocycles. The van der Waals surface area contributed by atoms with Crippen molar-refractivity contribution in [1.29, 1.82) is 0 Å². The fraction of sp³-hybridized carbons (Fsp3) is 0.235. The van der Waals surface area contributed by atoms with Gasteiger partial charge in [0.2, 0.25) is 0 Å². The molecule has 2 N–H and O–H groups in total. The summed E-state index contributed by atoms with van der Waals surface area (Å²) in [5.41, 5.74) is 2.85. The number of nitrogens with one attached hydrogen (secondary N) is 1. The van der Waals surface area contributed by atoms with Crippen LogP contribution in [0.4, 0.5) is 11.4 Å². The van der Waals surface area contributed by atoms with E-state index in [1.807, 2.05) is 12.1 Å². The van der Waals surface area contributed by atoms with Crippen LogP contribution in [-0.4, -0.2) is 11.1 Å². The van der Waals surface area contributed by atoms with E-state index in [-0.39, 0.29) is 5.56 Å². The summed E-state index contributed by atoms with van der Waals surface area (Å²) in [6, 6.07) is 12.9. The Bertz CT molecular complexity index is 623. The zero-order chi connectivity index (χ0) is 15.2. The van der Waals surface area contributed by atoms with Gasteiger partial charge < -0.3 is 10.4 Å². The van der Waals surface area contributed by atoms with Crippen molar-refractivity contribution in [3.05, 3.63) is 58.6 Å². The predicted octanol–water partition coefficient (Wildman–Crippen LogP) is 5.12. The summed E-state index contributed by atoms with van der Waals surface area (Å²) in [5, 5.41) is 12.7. The topological polar surface area (TPSA) is 49.3 Å². The van der Waals surface area contributed by atoms with Crippen LogP contribution in [0.25, 0.3) is 0 Å². The SMILES string of the molecule is CCCCc1ccc(Nc2ccc(Cl)cc2C(=O)O)cc1. The number of hydrogen-bond acceptors (Lipinski definition) is 2. The zero-order valence-corrected chi connectivity index (χ0v) is 12.7. The van der Waals surface area contributed by atoms with Crippen molar-refractivity contribution in [3.63, 3.8) is 0 Å². The van der Waals surface area contributed by atoms with Gasteiger partial charge in [0.25, 0.3) is 0 Å². The molecule has 0 aliphatic carbocycles. The van der Waals surface area contributed by atoms with Gasteiger partial charge in [-0.15, -0.1) is 0 Å². The molecule has 0 aromatic heterocycles. The van der Waals surface area contributed by atoms with Crippen molar-refractivity contribution in [3.8, 4) is 0 Å². The zero-order valence-electron chi connectivity index (χ0n) is 11.9. The van der Waals surface area contributed by atoms with E-state index in [4.69, 9.17) is 11.6 Å². The molecule has 0 fully saturated rings. The second kappa shape index (κ2) is 7.14. The number of aromatic carboxylic acids is 1. The highest BCUT2D eigenvalue weighted by molar-refractivity contribution is 6.31. The summed E-state index contributed by atoms with van der Waals surface area (Å²) in [6.45, 7) is 2.17. The Labute approximate surface area is 129 Å². The number of hydrogen-bond donors (Lipinski definition) is 2. The first-order valence-corrected chi connectivity index (χ1v) is 7.36. The van der Waals surface area contributed by atoms with Crippen LogP contribution in [0, 0.1) is 0 Å². The van der Waals surface area contributed by atoms with E-state index in [2.05, 4.69) is 24.4 Å². The lowest BCUT2D eigenvalue weighted by Gasteiger charge is -2.10. The van der Waals surface area contributed by atoms with Gasteiger partial charge in [0, 0.05) is 10.7 Å². The maximum atomic E-state index is 11.2. The van der Waals surface area contributed by atoms with E-state index in [0.29, 0.717) is 10.7 Å². The smallest absolute Gasteiger partial charge is 0.337 e. The summed E-state index contributed by atoms with van der Waals surface area (Å²) in [6.07, 6.45) is 3.41. The molecule has 0 spiro atoms. The second-order valence-corrected chi connectivity index (χ2v) is 5.36. The van der Waals surface area contributed by atoms with Gasteiger partial charge in [-0.3, -0.25) is 0 Å². The summed E-state index contributed by atoms with van der Waals surface area (Å²) >= 11 is 5.84. The second-order valence-electron chi connectivity index (χ2n) is 4.92. The molecule has 110 valence electrons. The highest BCUT2D eigenvalue weighted by Gasteiger charge is 2.10. The van der Waals surface area contributed by atoms with Gasteiger partial charge in [0.15, 0.2) is 0 Å². The van der Waals surface area contributed by atoms with Gasteiger partial charge in [0.1, 0.15) is 0 Å². The van der Waals surface area contributed by atoms with Gasteiger partial charge in [-0.2, -0.15) is 0 Å². The van der Waals surface area contributed by atoms with E-state index in [1.54, 1.807) is 12.1 Å². The molecule has 0 saturated carbocycles. The van der Waals surface area contributed by atoms with Gasteiger partial charge in [-0.25, -0.2) is 4.79 Å². The van der Waals surface area contributed by atoms with Crippen LogP contribution in [0.3, 0.4) is 0 Å². The Kier molecular flexibility index (Phi) is 5.23. The van der Waals surface area contributed by atoms with E-state index in [0.717, 1.165) is 12.1 Å². The fourth-order valence-corrected chi connectivity index (χ4v) is 2.27. The number of benzene rings is 2. The Morgan fingerprint density at radius 2 is 1.90 bits per heavy atom. The van der Waals surface area contributed by atoms with Crippen molar-refractivity contribution in [1.82, 2.24) is 0 Å². The number of halogens is 1. The number of carboxylic acid groups (broad SMARTS) is 1. The maximum Gasteiger partial charge on any atom is 0.337 e. The van der Waals surface area contributed by atoms with Gasteiger partial charge in [-0.1, -0.05) is 37.1 Å². The summed E-state index contributed by atoms with van der Waals surface area (Å²) in [4.78, 5) is 11.2. The van der Waals surface area contributed by atoms with Crippen molar-refractivity contribution in [2.24, 2.45) is 0 Å². The van der Waals surface area contributed by atoms with Crippen LogP contribution in [0.2, 0.25) is 5.02 Å².